The van der Waals surface area contributed by atoms with Gasteiger partial charge in [-0.05, 0) is 60.9 Å². The van der Waals surface area contributed by atoms with E-state index in [9.17, 15) is 14.3 Å². The molecule has 0 bridgehead atoms. The number of carboxylic acids is 1. The number of carbonyl (C=O) groups is 1. The Balaban J connectivity index is 1.33. The van der Waals surface area contributed by atoms with Gasteiger partial charge in [0.05, 0.1) is 40.5 Å². The van der Waals surface area contributed by atoms with Crippen LogP contribution < -0.4 is 4.74 Å². The lowest BCUT2D eigenvalue weighted by Gasteiger charge is -2.16. The summed E-state index contributed by atoms with van der Waals surface area (Å²) in [7, 11) is 1.63. The number of nitriles is 1. The Morgan fingerprint density at radius 3 is 2.67 bits per heavy atom. The average molecular weight is 645 g/mol. The number of benzene rings is 3. The van der Waals surface area contributed by atoms with Crippen LogP contribution in [0.25, 0.3) is 22.3 Å². The van der Waals surface area contributed by atoms with Crippen LogP contribution in [0.15, 0.2) is 72.8 Å². The second-order valence-electron chi connectivity index (χ2n) is 11.5. The third kappa shape index (κ3) is 7.53. The maximum absolute atomic E-state index is 14.4. The van der Waals surface area contributed by atoms with Crippen molar-refractivity contribution in [3.63, 3.8) is 0 Å². The summed E-state index contributed by atoms with van der Waals surface area (Å²) in [5, 5.41) is 18.6. The lowest BCUT2D eigenvalue weighted by molar-refractivity contribution is 0.0697. The fourth-order valence-electron chi connectivity index (χ4n) is 5.61. The first kappa shape index (κ1) is 32.4. The second kappa shape index (κ2) is 14.9. The Hall–Kier alpha value is -5.55. The van der Waals surface area contributed by atoms with Crippen molar-refractivity contribution >= 4 is 17.0 Å². The first-order valence-electron chi connectivity index (χ1n) is 15.6. The minimum atomic E-state index is -0.997. The Bertz CT molecular complexity index is 2070. The number of fused-ring (bicyclic) bond motifs is 1. The highest BCUT2D eigenvalue weighted by Crippen LogP contribution is 2.27. The van der Waals surface area contributed by atoms with Gasteiger partial charge in [0, 0.05) is 62.0 Å². The largest absolute Gasteiger partial charge is 0.478 e. The zero-order valence-corrected chi connectivity index (χ0v) is 26.4. The lowest BCUT2D eigenvalue weighted by Crippen LogP contribution is -2.14. The van der Waals surface area contributed by atoms with E-state index in [4.69, 9.17) is 24.5 Å². The van der Waals surface area contributed by atoms with Crippen molar-refractivity contribution in [1.29, 1.82) is 5.26 Å². The van der Waals surface area contributed by atoms with Crippen molar-refractivity contribution in [3.05, 3.63) is 112 Å². The molecule has 0 atom stereocenters. The number of aromatic carboxylic acids is 1. The van der Waals surface area contributed by atoms with Crippen LogP contribution in [0.2, 0.25) is 0 Å². The summed E-state index contributed by atoms with van der Waals surface area (Å²) in [4.78, 5) is 21.3. The molecular formula is C38H33FN4O5. The molecule has 9 nitrogen and oxygen atoms in total. The Morgan fingerprint density at radius 1 is 1.06 bits per heavy atom. The molecule has 48 heavy (non-hydrogen) atoms. The van der Waals surface area contributed by atoms with Crippen LogP contribution in [0.1, 0.15) is 51.3 Å². The molecule has 0 radical (unpaired) electrons. The van der Waals surface area contributed by atoms with Gasteiger partial charge >= 0.3 is 5.97 Å². The van der Waals surface area contributed by atoms with E-state index in [0.717, 1.165) is 40.9 Å². The van der Waals surface area contributed by atoms with Gasteiger partial charge in [0.1, 0.15) is 18.2 Å². The SMILES string of the molecule is COCCn1c(Cc2ccc(-c3cccc(OCc4ccc(C#N)cc4F)n3)cc2C#CC2CCOCC2)nc2ccc(C(=O)O)cc21. The van der Waals surface area contributed by atoms with Crippen molar-refractivity contribution in [2.24, 2.45) is 5.92 Å². The first-order chi connectivity index (χ1) is 23.4. The number of rotatable bonds is 10. The van der Waals surface area contributed by atoms with Crippen molar-refractivity contribution in [1.82, 2.24) is 14.5 Å². The quantitative estimate of drug-likeness (QED) is 0.174. The van der Waals surface area contributed by atoms with E-state index in [1.807, 2.05) is 41.0 Å². The minimum Gasteiger partial charge on any atom is -0.478 e. The summed E-state index contributed by atoms with van der Waals surface area (Å²) < 4.78 is 33.1. The molecule has 0 amide bonds. The van der Waals surface area contributed by atoms with Gasteiger partial charge in [-0.2, -0.15) is 5.26 Å². The molecule has 10 heteroatoms. The lowest BCUT2D eigenvalue weighted by atomic mass is 9.97. The highest BCUT2D eigenvalue weighted by Gasteiger charge is 2.17. The van der Waals surface area contributed by atoms with Gasteiger partial charge in [0.25, 0.3) is 0 Å². The van der Waals surface area contributed by atoms with Gasteiger partial charge in [0.2, 0.25) is 5.88 Å². The molecule has 5 aromatic rings. The zero-order valence-electron chi connectivity index (χ0n) is 26.4. The van der Waals surface area contributed by atoms with Crippen molar-refractivity contribution < 1.29 is 28.5 Å². The zero-order chi connectivity index (χ0) is 33.5. The van der Waals surface area contributed by atoms with E-state index >= 15 is 0 Å². The third-order valence-electron chi connectivity index (χ3n) is 8.26. The summed E-state index contributed by atoms with van der Waals surface area (Å²) in [5.41, 5.74) is 5.52. The number of ether oxygens (including phenoxy) is 3. The summed E-state index contributed by atoms with van der Waals surface area (Å²) in [6, 6.07) is 22.6. The van der Waals surface area contributed by atoms with Gasteiger partial charge in [-0.15, -0.1) is 0 Å². The topological polar surface area (TPSA) is 119 Å². The molecule has 3 heterocycles. The molecular weight excluding hydrogens is 611 g/mol. The molecule has 2 aromatic heterocycles. The van der Waals surface area contributed by atoms with Gasteiger partial charge in [0.15, 0.2) is 0 Å². The number of halogens is 1. The number of hydrogen-bond acceptors (Lipinski definition) is 7. The minimum absolute atomic E-state index is 0.0349. The van der Waals surface area contributed by atoms with Crippen LogP contribution in [-0.4, -0.2) is 52.5 Å². The molecule has 0 unspecified atom stereocenters. The molecule has 242 valence electrons. The maximum atomic E-state index is 14.4. The summed E-state index contributed by atoms with van der Waals surface area (Å²) in [6.07, 6.45) is 2.22. The van der Waals surface area contributed by atoms with Crippen LogP contribution in [0.4, 0.5) is 4.39 Å². The molecule has 1 N–H and O–H groups in total. The highest BCUT2D eigenvalue weighted by molar-refractivity contribution is 5.92. The van der Waals surface area contributed by atoms with E-state index in [0.29, 0.717) is 55.4 Å². The number of pyridine rings is 1. The van der Waals surface area contributed by atoms with E-state index < -0.39 is 11.8 Å². The second-order valence-corrected chi connectivity index (χ2v) is 11.5. The number of methoxy groups -OCH3 is 1. The van der Waals surface area contributed by atoms with Gasteiger partial charge in [-0.25, -0.2) is 19.2 Å². The summed E-state index contributed by atoms with van der Waals surface area (Å²) >= 11 is 0. The predicted octanol–water partition coefficient (Wildman–Crippen LogP) is 6.40. The molecule has 1 saturated heterocycles. The molecule has 0 aliphatic carbocycles. The monoisotopic (exact) mass is 644 g/mol. The highest BCUT2D eigenvalue weighted by atomic mass is 19.1. The molecule has 1 fully saturated rings. The first-order valence-corrected chi connectivity index (χ1v) is 15.6. The molecule has 1 aliphatic heterocycles. The molecule has 1 aliphatic rings. The fraction of sp³-hybridized carbons (Fsp3) is 0.263. The van der Waals surface area contributed by atoms with E-state index in [1.165, 1.54) is 12.1 Å². The number of aromatic nitrogens is 3. The summed E-state index contributed by atoms with van der Waals surface area (Å²) in [5.74, 6) is 6.74. The van der Waals surface area contributed by atoms with Crippen molar-refractivity contribution in [2.45, 2.75) is 32.4 Å². The number of carboxylic acid groups (broad SMARTS) is 1. The smallest absolute Gasteiger partial charge is 0.335 e. The molecule has 0 spiro atoms. The maximum Gasteiger partial charge on any atom is 0.335 e. The Morgan fingerprint density at radius 2 is 1.90 bits per heavy atom. The summed E-state index contributed by atoms with van der Waals surface area (Å²) in [6.45, 7) is 2.30. The Kier molecular flexibility index (Phi) is 10.1. The molecule has 3 aromatic carbocycles. The van der Waals surface area contributed by atoms with Crippen molar-refractivity contribution in [3.8, 4) is 35.0 Å². The number of nitrogens with zero attached hydrogens (tertiary/aromatic N) is 4. The molecule has 6 rings (SSSR count). The van der Waals surface area contributed by atoms with Gasteiger partial charge in [-0.3, -0.25) is 0 Å². The van der Waals surface area contributed by atoms with Crippen LogP contribution in [0.5, 0.6) is 5.88 Å². The van der Waals surface area contributed by atoms with E-state index in [2.05, 4.69) is 16.8 Å². The normalized spacial score (nSPS) is 13.1. The number of hydrogen-bond donors (Lipinski definition) is 1. The van der Waals surface area contributed by atoms with Crippen LogP contribution >= 0.6 is 0 Å². The predicted molar refractivity (Wildman–Crippen MR) is 177 cm³/mol. The van der Waals surface area contributed by atoms with Gasteiger partial charge in [-0.1, -0.05) is 36.1 Å². The van der Waals surface area contributed by atoms with Crippen molar-refractivity contribution in [2.75, 3.05) is 26.9 Å². The van der Waals surface area contributed by atoms with Crippen LogP contribution in [-0.2, 0) is 29.0 Å². The van der Waals surface area contributed by atoms with Crippen LogP contribution in [0, 0.1) is 34.9 Å². The Labute approximate surface area is 277 Å². The standard InChI is InChI=1S/C38H33FN4O5/c1-46-18-15-43-35-21-30(38(44)45)11-12-34(35)41-36(43)22-28-9-10-29(20-27(28)7-5-25-13-16-47-17-14-25)33-3-2-4-37(42-33)48-24-31-8-6-26(23-40)19-32(31)39/h2-4,6,8-12,19-21,25H,13-18,22,24H2,1H3,(H,44,45). The third-order valence-corrected chi connectivity index (χ3v) is 8.26. The fourth-order valence-corrected chi connectivity index (χ4v) is 5.61. The molecule has 0 saturated carbocycles. The average Bonchev–Trinajstić information content (AvgIpc) is 3.46. The van der Waals surface area contributed by atoms with Crippen LogP contribution in [0.3, 0.4) is 0 Å². The number of imidazole rings is 1. The van der Waals surface area contributed by atoms with E-state index in [-0.39, 0.29) is 23.7 Å². The van der Waals surface area contributed by atoms with E-state index in [1.54, 1.807) is 37.4 Å². The van der Waals surface area contributed by atoms with Gasteiger partial charge < -0.3 is 23.9 Å².